The van der Waals surface area contributed by atoms with Gasteiger partial charge in [-0.15, -0.1) is 0 Å². The van der Waals surface area contributed by atoms with Gasteiger partial charge >= 0.3 is 0 Å². The summed E-state index contributed by atoms with van der Waals surface area (Å²) in [6.07, 6.45) is 2.27. The van der Waals surface area contributed by atoms with Crippen LogP contribution in [0.2, 0.25) is 0 Å². The highest BCUT2D eigenvalue weighted by atomic mass is 16.5. The van der Waals surface area contributed by atoms with Crippen molar-refractivity contribution in [2.45, 2.75) is 72.5 Å². The van der Waals surface area contributed by atoms with Crippen molar-refractivity contribution in [3.8, 4) is 0 Å². The van der Waals surface area contributed by atoms with Crippen LogP contribution in [0.1, 0.15) is 74.2 Å². The number of hydrogen-bond acceptors (Lipinski definition) is 5. The number of hydrogen-bond donors (Lipinski definition) is 0. The lowest BCUT2D eigenvalue weighted by atomic mass is 10.1. The minimum Gasteiger partial charge on any atom is -0.339 e. The van der Waals surface area contributed by atoms with Gasteiger partial charge in [-0.05, 0) is 40.2 Å². The lowest BCUT2D eigenvalue weighted by Gasteiger charge is -2.22. The van der Waals surface area contributed by atoms with Crippen molar-refractivity contribution in [1.82, 2.24) is 24.8 Å². The van der Waals surface area contributed by atoms with Crippen molar-refractivity contribution >= 4 is 0 Å². The molecule has 1 fully saturated rings. The largest absolute Gasteiger partial charge is 0.339 e. The van der Waals surface area contributed by atoms with E-state index in [1.165, 1.54) is 17.7 Å². The van der Waals surface area contributed by atoms with Crippen LogP contribution in [0.4, 0.5) is 0 Å². The predicted molar refractivity (Wildman–Crippen MR) is 88.1 cm³/mol. The van der Waals surface area contributed by atoms with E-state index in [4.69, 9.17) is 4.52 Å². The number of aromatic nitrogens is 4. The molecule has 3 heterocycles. The first kappa shape index (κ1) is 16.2. The van der Waals surface area contributed by atoms with E-state index in [9.17, 15) is 0 Å². The Hall–Kier alpha value is -1.69. The lowest BCUT2D eigenvalue weighted by molar-refractivity contribution is 0.233. The zero-order valence-electron chi connectivity index (χ0n) is 14.8. The SMILES string of the molecule is CCn1nc(C)c(CN2CCCC2c2noc(C(C)C)n2)c1C. The minimum absolute atomic E-state index is 0.259. The Balaban J connectivity index is 1.80. The first-order valence-corrected chi connectivity index (χ1v) is 8.61. The fourth-order valence-corrected chi connectivity index (χ4v) is 3.40. The maximum Gasteiger partial charge on any atom is 0.229 e. The highest BCUT2D eigenvalue weighted by Gasteiger charge is 2.31. The van der Waals surface area contributed by atoms with Crippen molar-refractivity contribution in [3.63, 3.8) is 0 Å². The van der Waals surface area contributed by atoms with E-state index in [2.05, 4.69) is 59.4 Å². The van der Waals surface area contributed by atoms with Crippen LogP contribution in [0.5, 0.6) is 0 Å². The van der Waals surface area contributed by atoms with Crippen LogP contribution in [0.3, 0.4) is 0 Å². The molecule has 1 saturated heterocycles. The molecule has 0 aromatic carbocycles. The van der Waals surface area contributed by atoms with Crippen LogP contribution in [-0.4, -0.2) is 31.4 Å². The van der Waals surface area contributed by atoms with Crippen LogP contribution in [0.25, 0.3) is 0 Å². The second kappa shape index (κ2) is 6.43. The molecule has 0 aliphatic carbocycles. The Morgan fingerprint density at radius 2 is 2.09 bits per heavy atom. The highest BCUT2D eigenvalue weighted by molar-refractivity contribution is 5.25. The molecule has 0 radical (unpaired) electrons. The zero-order valence-corrected chi connectivity index (χ0v) is 14.8. The molecule has 2 aromatic heterocycles. The topological polar surface area (TPSA) is 60.0 Å². The fraction of sp³-hybridized carbons (Fsp3) is 0.706. The molecule has 0 bridgehead atoms. The van der Waals surface area contributed by atoms with E-state index in [1.807, 2.05) is 0 Å². The van der Waals surface area contributed by atoms with Gasteiger partial charge in [-0.3, -0.25) is 9.58 Å². The highest BCUT2D eigenvalue weighted by Crippen LogP contribution is 2.33. The van der Waals surface area contributed by atoms with E-state index in [0.717, 1.165) is 43.5 Å². The van der Waals surface area contributed by atoms with Crippen LogP contribution in [-0.2, 0) is 13.1 Å². The summed E-state index contributed by atoms with van der Waals surface area (Å²) in [4.78, 5) is 7.07. The van der Waals surface area contributed by atoms with Gasteiger partial charge in [0.05, 0.1) is 11.7 Å². The molecule has 2 aromatic rings. The Labute approximate surface area is 137 Å². The average molecular weight is 317 g/mol. The predicted octanol–water partition coefficient (Wildman–Crippen LogP) is 3.36. The van der Waals surface area contributed by atoms with Crippen molar-refractivity contribution in [2.75, 3.05) is 6.54 Å². The molecular formula is C17H27N5O. The number of aryl methyl sites for hydroxylation is 2. The fourth-order valence-electron chi connectivity index (χ4n) is 3.40. The third kappa shape index (κ3) is 3.04. The van der Waals surface area contributed by atoms with Gasteiger partial charge in [-0.2, -0.15) is 10.1 Å². The summed E-state index contributed by atoms with van der Waals surface area (Å²) in [5.41, 5.74) is 3.74. The molecule has 3 rings (SSSR count). The Morgan fingerprint density at radius 3 is 2.70 bits per heavy atom. The summed E-state index contributed by atoms with van der Waals surface area (Å²) >= 11 is 0. The van der Waals surface area contributed by atoms with Gasteiger partial charge in [-0.25, -0.2) is 0 Å². The normalized spacial score (nSPS) is 19.1. The van der Waals surface area contributed by atoms with E-state index < -0.39 is 0 Å². The lowest BCUT2D eigenvalue weighted by Crippen LogP contribution is -2.24. The standard InChI is InChI=1S/C17H27N5O/c1-6-22-13(5)14(12(4)19-22)10-21-9-7-8-15(21)16-18-17(11(2)3)23-20-16/h11,15H,6-10H2,1-5H3. The maximum absolute atomic E-state index is 5.40. The molecule has 0 spiro atoms. The van der Waals surface area contributed by atoms with Gasteiger partial charge < -0.3 is 4.52 Å². The maximum atomic E-state index is 5.40. The molecule has 1 atom stereocenters. The average Bonchev–Trinajstić information content (AvgIpc) is 3.21. The molecule has 126 valence electrons. The van der Waals surface area contributed by atoms with Crippen molar-refractivity contribution < 1.29 is 4.52 Å². The first-order chi connectivity index (χ1) is 11.0. The third-order valence-electron chi connectivity index (χ3n) is 4.81. The zero-order chi connectivity index (χ0) is 16.6. The minimum atomic E-state index is 0.259. The van der Waals surface area contributed by atoms with E-state index in [1.54, 1.807) is 0 Å². The summed E-state index contributed by atoms with van der Waals surface area (Å²) in [6.45, 7) is 13.5. The third-order valence-corrected chi connectivity index (χ3v) is 4.81. The number of nitrogens with zero attached hydrogens (tertiary/aromatic N) is 5. The summed E-state index contributed by atoms with van der Waals surface area (Å²) < 4.78 is 7.49. The second-order valence-electron chi connectivity index (χ2n) is 6.74. The summed E-state index contributed by atoms with van der Waals surface area (Å²) in [5, 5.41) is 8.86. The summed E-state index contributed by atoms with van der Waals surface area (Å²) in [6, 6.07) is 0.259. The Morgan fingerprint density at radius 1 is 1.30 bits per heavy atom. The summed E-state index contributed by atoms with van der Waals surface area (Å²) in [7, 11) is 0. The molecular weight excluding hydrogens is 290 g/mol. The van der Waals surface area contributed by atoms with Crippen LogP contribution < -0.4 is 0 Å². The van der Waals surface area contributed by atoms with Gasteiger partial charge in [0.1, 0.15) is 0 Å². The van der Waals surface area contributed by atoms with Gasteiger partial charge in [0, 0.05) is 30.3 Å². The number of rotatable bonds is 5. The molecule has 1 aliphatic heterocycles. The quantitative estimate of drug-likeness (QED) is 0.846. The molecule has 6 heteroatoms. The van der Waals surface area contributed by atoms with Crippen molar-refractivity contribution in [3.05, 3.63) is 28.7 Å². The van der Waals surface area contributed by atoms with Crippen LogP contribution in [0.15, 0.2) is 4.52 Å². The molecule has 1 aliphatic rings. The molecule has 23 heavy (non-hydrogen) atoms. The van der Waals surface area contributed by atoms with Gasteiger partial charge in [0.2, 0.25) is 5.89 Å². The van der Waals surface area contributed by atoms with Gasteiger partial charge in [-0.1, -0.05) is 19.0 Å². The molecule has 0 N–H and O–H groups in total. The van der Waals surface area contributed by atoms with Gasteiger partial charge in [0.25, 0.3) is 0 Å². The monoisotopic (exact) mass is 317 g/mol. The first-order valence-electron chi connectivity index (χ1n) is 8.61. The van der Waals surface area contributed by atoms with E-state index >= 15 is 0 Å². The van der Waals surface area contributed by atoms with Crippen LogP contribution >= 0.6 is 0 Å². The summed E-state index contributed by atoms with van der Waals surface area (Å²) in [5.74, 6) is 1.85. The molecule has 1 unspecified atom stereocenters. The molecule has 0 amide bonds. The molecule has 6 nitrogen and oxygen atoms in total. The van der Waals surface area contributed by atoms with Crippen molar-refractivity contribution in [1.29, 1.82) is 0 Å². The smallest absolute Gasteiger partial charge is 0.229 e. The van der Waals surface area contributed by atoms with Crippen LogP contribution in [0, 0.1) is 13.8 Å². The van der Waals surface area contributed by atoms with E-state index in [0.29, 0.717) is 0 Å². The van der Waals surface area contributed by atoms with Gasteiger partial charge in [0.15, 0.2) is 5.82 Å². The van der Waals surface area contributed by atoms with Crippen molar-refractivity contribution in [2.24, 2.45) is 0 Å². The second-order valence-corrected chi connectivity index (χ2v) is 6.74. The Kier molecular flexibility index (Phi) is 4.53. The van der Waals surface area contributed by atoms with E-state index in [-0.39, 0.29) is 12.0 Å². The number of likely N-dealkylation sites (tertiary alicyclic amines) is 1. The molecule has 0 saturated carbocycles. The Bertz CT molecular complexity index is 673.